The van der Waals surface area contributed by atoms with Crippen molar-refractivity contribution in [2.45, 2.75) is 0 Å². The number of hydrogen-bond donors (Lipinski definition) is 4. The van der Waals surface area contributed by atoms with Crippen LogP contribution in [0.3, 0.4) is 0 Å². The molecule has 0 unspecified atom stereocenters. The summed E-state index contributed by atoms with van der Waals surface area (Å²) in [6.45, 7) is 0. The highest BCUT2D eigenvalue weighted by Crippen LogP contribution is 2.35. The van der Waals surface area contributed by atoms with Crippen LogP contribution < -0.4 is 0 Å². The van der Waals surface area contributed by atoms with E-state index in [0.717, 1.165) is 6.07 Å². The molecule has 0 saturated heterocycles. The molecule has 0 fully saturated rings. The van der Waals surface area contributed by atoms with Gasteiger partial charge in [-0.05, 0) is 12.1 Å². The van der Waals surface area contributed by atoms with Crippen LogP contribution in [0.5, 0.6) is 0 Å². The zero-order valence-corrected chi connectivity index (χ0v) is 11.5. The molecule has 0 atom stereocenters. The summed E-state index contributed by atoms with van der Waals surface area (Å²) in [6, 6.07) is 1.66. The van der Waals surface area contributed by atoms with Gasteiger partial charge in [0.25, 0.3) is 0 Å². The molecule has 0 spiro atoms. The lowest BCUT2D eigenvalue weighted by molar-refractivity contribution is 0.0676. The third-order valence-electron chi connectivity index (χ3n) is 3.43. The molecule has 0 aliphatic heterocycles. The number of nitrogens with one attached hydrogen (secondary N) is 1. The Morgan fingerprint density at radius 3 is 2.12 bits per heavy atom. The number of carbonyl (C=O) groups excluding carboxylic acids is 2. The van der Waals surface area contributed by atoms with Crippen molar-refractivity contribution in [1.82, 2.24) is 9.97 Å². The predicted octanol–water partition coefficient (Wildman–Crippen LogP) is 0.550. The number of pyridine rings is 1. The van der Waals surface area contributed by atoms with Gasteiger partial charge in [0.15, 0.2) is 0 Å². The molecule has 1 aliphatic rings. The summed E-state index contributed by atoms with van der Waals surface area (Å²) in [7, 11) is 0. The van der Waals surface area contributed by atoms with Gasteiger partial charge in [-0.1, -0.05) is 0 Å². The zero-order valence-electron chi connectivity index (χ0n) is 11.5. The Bertz CT molecular complexity index is 985. The van der Waals surface area contributed by atoms with E-state index in [1.54, 1.807) is 0 Å². The van der Waals surface area contributed by atoms with Gasteiger partial charge in [0.1, 0.15) is 17.1 Å². The molecule has 3 rings (SSSR count). The maximum atomic E-state index is 12.2. The predicted molar refractivity (Wildman–Crippen MR) is 73.6 cm³/mol. The Morgan fingerprint density at radius 1 is 0.917 bits per heavy atom. The average molecular weight is 330 g/mol. The molecule has 10 heteroatoms. The van der Waals surface area contributed by atoms with E-state index < -0.39 is 52.0 Å². The number of hydrogen-bond acceptors (Lipinski definition) is 6. The highest BCUT2D eigenvalue weighted by Gasteiger charge is 2.38. The molecule has 10 nitrogen and oxygen atoms in total. The molecule has 0 aromatic carbocycles. The van der Waals surface area contributed by atoms with Crippen LogP contribution in [0.2, 0.25) is 0 Å². The summed E-state index contributed by atoms with van der Waals surface area (Å²) < 4.78 is 0. The van der Waals surface area contributed by atoms with E-state index >= 15 is 0 Å². The number of aromatic amines is 1. The number of aromatic carboxylic acids is 3. The Balaban J connectivity index is 2.43. The molecule has 0 bridgehead atoms. The van der Waals surface area contributed by atoms with Crippen molar-refractivity contribution >= 4 is 29.5 Å². The smallest absolute Gasteiger partial charge is 0.354 e. The van der Waals surface area contributed by atoms with Gasteiger partial charge in [-0.15, -0.1) is 0 Å². The second-order valence-electron chi connectivity index (χ2n) is 4.82. The topological polar surface area (TPSA) is 175 Å². The summed E-state index contributed by atoms with van der Waals surface area (Å²) >= 11 is 0. The molecule has 0 amide bonds. The Kier molecular flexibility index (Phi) is 3.04. The van der Waals surface area contributed by atoms with Crippen LogP contribution in [0.4, 0.5) is 0 Å². The van der Waals surface area contributed by atoms with Crippen LogP contribution in [-0.2, 0) is 0 Å². The monoisotopic (exact) mass is 330 g/mol. The number of rotatable bonds is 3. The lowest BCUT2D eigenvalue weighted by atomic mass is 9.88. The van der Waals surface area contributed by atoms with Crippen molar-refractivity contribution in [2.75, 3.05) is 0 Å². The van der Waals surface area contributed by atoms with Crippen molar-refractivity contribution in [3.63, 3.8) is 0 Å². The van der Waals surface area contributed by atoms with Crippen LogP contribution in [0.1, 0.15) is 52.2 Å². The SMILES string of the molecule is O=C(O)c1cc(C(=O)O)c2c(n1)-c1cc(C(=O)O)[nH]c1C(=O)C2=O. The maximum absolute atomic E-state index is 12.2. The fraction of sp³-hybridized carbons (Fsp3) is 0. The Morgan fingerprint density at radius 2 is 1.58 bits per heavy atom. The van der Waals surface area contributed by atoms with Crippen molar-refractivity contribution in [1.29, 1.82) is 0 Å². The summed E-state index contributed by atoms with van der Waals surface area (Å²) in [5, 5.41) is 27.2. The second-order valence-corrected chi connectivity index (χ2v) is 4.82. The zero-order chi connectivity index (χ0) is 17.8. The van der Waals surface area contributed by atoms with Crippen molar-refractivity contribution in [3.05, 3.63) is 40.3 Å². The summed E-state index contributed by atoms with van der Waals surface area (Å²) in [5.41, 5.74) is -3.23. The van der Waals surface area contributed by atoms with Gasteiger partial charge in [0, 0.05) is 5.56 Å². The standard InChI is InChI=1S/C14H6N2O8/c17-10-7-3(12(19)20)1-5(13(21)22)15-8(7)4-2-6(14(23)24)16-9(4)11(10)18/h1-2,16H,(H,19,20)(H,21,22)(H,23,24). The number of fused-ring (bicyclic) bond motifs is 3. The van der Waals surface area contributed by atoms with E-state index in [1.165, 1.54) is 0 Å². The minimum atomic E-state index is -1.62. The normalized spacial score (nSPS) is 12.5. The van der Waals surface area contributed by atoms with Gasteiger partial charge in [0.2, 0.25) is 11.6 Å². The summed E-state index contributed by atoms with van der Waals surface area (Å²) in [4.78, 5) is 63.7. The second kappa shape index (κ2) is 4.84. The van der Waals surface area contributed by atoms with Gasteiger partial charge in [-0.25, -0.2) is 19.4 Å². The summed E-state index contributed by atoms with van der Waals surface area (Å²) in [5.74, 6) is -6.91. The minimum Gasteiger partial charge on any atom is -0.478 e. The van der Waals surface area contributed by atoms with Crippen molar-refractivity contribution < 1.29 is 39.3 Å². The molecule has 0 radical (unpaired) electrons. The number of H-pyrrole nitrogens is 1. The molecule has 120 valence electrons. The lowest BCUT2D eigenvalue weighted by Crippen LogP contribution is -2.26. The highest BCUT2D eigenvalue weighted by molar-refractivity contribution is 6.53. The maximum Gasteiger partial charge on any atom is 0.354 e. The lowest BCUT2D eigenvalue weighted by Gasteiger charge is -2.16. The van der Waals surface area contributed by atoms with Crippen LogP contribution in [0.25, 0.3) is 11.3 Å². The average Bonchev–Trinajstić information content (AvgIpc) is 2.97. The van der Waals surface area contributed by atoms with E-state index in [4.69, 9.17) is 10.2 Å². The third-order valence-corrected chi connectivity index (χ3v) is 3.43. The summed E-state index contributed by atoms with van der Waals surface area (Å²) in [6.07, 6.45) is 0. The number of carbonyl (C=O) groups is 5. The molecular formula is C14H6N2O8. The van der Waals surface area contributed by atoms with Crippen LogP contribution >= 0.6 is 0 Å². The van der Waals surface area contributed by atoms with E-state index in [0.29, 0.717) is 6.07 Å². The first-order valence-electron chi connectivity index (χ1n) is 6.29. The highest BCUT2D eigenvalue weighted by atomic mass is 16.4. The molecule has 2 aromatic heterocycles. The third kappa shape index (κ3) is 1.97. The van der Waals surface area contributed by atoms with Gasteiger partial charge in [-0.3, -0.25) is 9.59 Å². The van der Waals surface area contributed by atoms with Gasteiger partial charge < -0.3 is 20.3 Å². The fourth-order valence-electron chi connectivity index (χ4n) is 2.41. The van der Waals surface area contributed by atoms with Gasteiger partial charge in [0.05, 0.1) is 16.8 Å². The molecule has 24 heavy (non-hydrogen) atoms. The largest absolute Gasteiger partial charge is 0.478 e. The fourth-order valence-corrected chi connectivity index (χ4v) is 2.41. The first-order valence-corrected chi connectivity index (χ1v) is 6.29. The minimum absolute atomic E-state index is 0.141. The molecule has 0 saturated carbocycles. The van der Waals surface area contributed by atoms with Crippen LogP contribution in [0.15, 0.2) is 12.1 Å². The quantitative estimate of drug-likeness (QED) is 0.585. The van der Waals surface area contributed by atoms with Gasteiger partial charge >= 0.3 is 17.9 Å². The van der Waals surface area contributed by atoms with Crippen molar-refractivity contribution in [3.8, 4) is 11.3 Å². The number of nitrogens with zero attached hydrogens (tertiary/aromatic N) is 1. The van der Waals surface area contributed by atoms with E-state index in [-0.39, 0.29) is 17.0 Å². The first kappa shape index (κ1) is 15.1. The van der Waals surface area contributed by atoms with E-state index in [9.17, 15) is 29.1 Å². The number of ketones is 2. The molecule has 2 aromatic rings. The molecular weight excluding hydrogens is 324 g/mol. The molecule has 2 heterocycles. The Hall–Kier alpha value is -3.82. The molecule has 1 aliphatic carbocycles. The number of aromatic nitrogens is 2. The van der Waals surface area contributed by atoms with E-state index in [1.807, 2.05) is 0 Å². The van der Waals surface area contributed by atoms with E-state index in [2.05, 4.69) is 9.97 Å². The van der Waals surface area contributed by atoms with Crippen LogP contribution in [0, 0.1) is 0 Å². The number of carboxylic acid groups (broad SMARTS) is 3. The molecule has 4 N–H and O–H groups in total. The number of carboxylic acids is 3. The van der Waals surface area contributed by atoms with Gasteiger partial charge in [-0.2, -0.15) is 0 Å². The van der Waals surface area contributed by atoms with Crippen molar-refractivity contribution in [2.24, 2.45) is 0 Å². The van der Waals surface area contributed by atoms with Crippen LogP contribution in [-0.4, -0.2) is 54.8 Å². The Labute approximate surface area is 131 Å². The first-order chi connectivity index (χ1) is 11.2. The number of Topliss-reactive ketones (excluding diaryl/α,β-unsaturated/α-hetero) is 2.